The topological polar surface area (TPSA) is 65.4 Å². The zero-order valence-corrected chi connectivity index (χ0v) is 18.0. The summed E-state index contributed by atoms with van der Waals surface area (Å²) in [5.41, 5.74) is 0.451. The zero-order chi connectivity index (χ0) is 20.7. The molecule has 1 aliphatic rings. The van der Waals surface area contributed by atoms with Crippen LogP contribution in [0.2, 0.25) is 0 Å². The predicted octanol–water partition coefficient (Wildman–Crippen LogP) is 4.14. The molecule has 0 bridgehead atoms. The molecule has 1 fully saturated rings. The molecule has 0 spiro atoms. The Balaban J connectivity index is 1.70. The van der Waals surface area contributed by atoms with Gasteiger partial charge in [-0.2, -0.15) is 5.26 Å². The summed E-state index contributed by atoms with van der Waals surface area (Å²) in [5.74, 6) is 0.752. The summed E-state index contributed by atoms with van der Waals surface area (Å²) in [5, 5.41) is 14.7. The first-order valence-corrected chi connectivity index (χ1v) is 11.0. The molecule has 0 radical (unpaired) electrons. The number of carbonyl (C=O) groups excluding carboxylic acids is 1. The Hall–Kier alpha value is -2.36. The van der Waals surface area contributed by atoms with Crippen molar-refractivity contribution in [2.45, 2.75) is 57.2 Å². The fourth-order valence-electron chi connectivity index (χ4n) is 3.92. The minimum absolute atomic E-state index is 0.0695. The number of hydrogen-bond acceptors (Lipinski definition) is 5. The number of benzene rings is 1. The summed E-state index contributed by atoms with van der Waals surface area (Å²) < 4.78 is 5.25. The van der Waals surface area contributed by atoms with E-state index in [0.29, 0.717) is 6.54 Å². The molecule has 1 aromatic carbocycles. The summed E-state index contributed by atoms with van der Waals surface area (Å²) in [6, 6.07) is 14.7. The molecule has 0 saturated heterocycles. The maximum atomic E-state index is 12.8. The number of methoxy groups -OCH3 is 1. The lowest BCUT2D eigenvalue weighted by atomic mass is 10.00. The third-order valence-corrected chi connectivity index (χ3v) is 6.54. The van der Waals surface area contributed by atoms with Gasteiger partial charge in [-0.3, -0.25) is 9.69 Å². The number of nitrogens with one attached hydrogen (secondary N) is 1. The third-order valence-electron chi connectivity index (χ3n) is 5.64. The maximum absolute atomic E-state index is 12.8. The summed E-state index contributed by atoms with van der Waals surface area (Å²) in [6.45, 7) is 3.11. The number of hydrogen-bond donors (Lipinski definition) is 1. The van der Waals surface area contributed by atoms with Crippen LogP contribution in [0.25, 0.3) is 0 Å². The van der Waals surface area contributed by atoms with Crippen LogP contribution in [0.3, 0.4) is 0 Å². The van der Waals surface area contributed by atoms with E-state index in [1.165, 1.54) is 4.88 Å². The van der Waals surface area contributed by atoms with Crippen molar-refractivity contribution in [3.8, 4) is 11.8 Å². The molecular formula is C23H29N3O2S. The second-order valence-electron chi connectivity index (χ2n) is 7.83. The fraction of sp³-hybridized carbons (Fsp3) is 0.478. The average Bonchev–Trinajstić information content (AvgIpc) is 3.40. The Kier molecular flexibility index (Phi) is 7.29. The van der Waals surface area contributed by atoms with Gasteiger partial charge >= 0.3 is 0 Å². The molecule has 2 aromatic rings. The molecule has 1 heterocycles. The monoisotopic (exact) mass is 411 g/mol. The van der Waals surface area contributed by atoms with Crippen LogP contribution in [0, 0.1) is 11.3 Å². The van der Waals surface area contributed by atoms with Crippen LogP contribution >= 0.6 is 11.3 Å². The van der Waals surface area contributed by atoms with Crippen LogP contribution < -0.4 is 10.1 Å². The molecule has 29 heavy (non-hydrogen) atoms. The Morgan fingerprint density at radius 2 is 2.03 bits per heavy atom. The van der Waals surface area contributed by atoms with Crippen molar-refractivity contribution in [2.75, 3.05) is 13.7 Å². The lowest BCUT2D eigenvalue weighted by molar-refractivity contribution is -0.124. The van der Waals surface area contributed by atoms with E-state index in [4.69, 9.17) is 4.74 Å². The van der Waals surface area contributed by atoms with Gasteiger partial charge in [0.1, 0.15) is 11.3 Å². The van der Waals surface area contributed by atoms with Crippen molar-refractivity contribution in [3.63, 3.8) is 0 Å². The number of nitriles is 1. The van der Waals surface area contributed by atoms with Crippen LogP contribution in [0.1, 0.15) is 43.0 Å². The first-order valence-electron chi connectivity index (χ1n) is 10.2. The van der Waals surface area contributed by atoms with Gasteiger partial charge in [0, 0.05) is 17.5 Å². The second kappa shape index (κ2) is 9.91. The van der Waals surface area contributed by atoms with E-state index in [1.807, 2.05) is 24.3 Å². The molecular weight excluding hydrogens is 382 g/mol. The number of nitrogens with zero attached hydrogens (tertiary/aromatic N) is 2. The number of ether oxygens (including phenoxy) is 1. The van der Waals surface area contributed by atoms with Crippen molar-refractivity contribution >= 4 is 17.2 Å². The van der Waals surface area contributed by atoms with Crippen LogP contribution in [-0.2, 0) is 17.8 Å². The van der Waals surface area contributed by atoms with Crippen LogP contribution in [0.4, 0.5) is 0 Å². The van der Waals surface area contributed by atoms with Crippen LogP contribution in [0.5, 0.6) is 5.75 Å². The molecule has 3 rings (SSSR count). The molecule has 1 unspecified atom stereocenters. The molecule has 0 aliphatic heterocycles. The largest absolute Gasteiger partial charge is 0.497 e. The molecule has 1 aromatic heterocycles. The van der Waals surface area contributed by atoms with Gasteiger partial charge in [-0.15, -0.1) is 11.3 Å². The van der Waals surface area contributed by atoms with E-state index in [9.17, 15) is 10.1 Å². The first kappa shape index (κ1) is 21.4. The third kappa shape index (κ3) is 5.81. The number of carbonyl (C=O) groups is 1. The van der Waals surface area contributed by atoms with Crippen LogP contribution in [-0.4, -0.2) is 36.0 Å². The van der Waals surface area contributed by atoms with Gasteiger partial charge in [0.25, 0.3) is 0 Å². The quantitative estimate of drug-likeness (QED) is 0.673. The molecule has 1 saturated carbocycles. The minimum Gasteiger partial charge on any atom is -0.497 e. The van der Waals surface area contributed by atoms with Gasteiger partial charge in [0.2, 0.25) is 5.91 Å². The van der Waals surface area contributed by atoms with Crippen LogP contribution in [0.15, 0.2) is 41.8 Å². The van der Waals surface area contributed by atoms with E-state index >= 15 is 0 Å². The van der Waals surface area contributed by atoms with Crippen molar-refractivity contribution in [2.24, 2.45) is 0 Å². The van der Waals surface area contributed by atoms with Crippen molar-refractivity contribution in [3.05, 3.63) is 52.2 Å². The normalized spacial score (nSPS) is 16.3. The Morgan fingerprint density at radius 1 is 1.31 bits per heavy atom. The molecule has 1 aliphatic carbocycles. The highest BCUT2D eigenvalue weighted by Crippen LogP contribution is 2.29. The lowest BCUT2D eigenvalue weighted by Crippen LogP contribution is -2.50. The molecule has 1 N–H and O–H groups in total. The Bertz CT molecular complexity index is 821. The van der Waals surface area contributed by atoms with E-state index in [-0.39, 0.29) is 18.5 Å². The minimum atomic E-state index is -0.681. The highest BCUT2D eigenvalue weighted by Gasteiger charge is 2.35. The molecule has 1 atom stereocenters. The predicted molar refractivity (Wildman–Crippen MR) is 116 cm³/mol. The summed E-state index contributed by atoms with van der Waals surface area (Å²) in [7, 11) is 1.66. The number of rotatable bonds is 9. The molecule has 1 amide bonds. The van der Waals surface area contributed by atoms with E-state index in [1.54, 1.807) is 18.4 Å². The zero-order valence-electron chi connectivity index (χ0n) is 17.2. The average molecular weight is 412 g/mol. The van der Waals surface area contributed by atoms with Gasteiger partial charge in [-0.05, 0) is 68.2 Å². The Morgan fingerprint density at radius 3 is 2.62 bits per heavy atom. The maximum Gasteiger partial charge on any atom is 0.235 e. The van der Waals surface area contributed by atoms with Gasteiger partial charge in [-0.25, -0.2) is 0 Å². The Labute approximate surface area is 177 Å². The number of thiophene rings is 1. The van der Waals surface area contributed by atoms with Gasteiger partial charge < -0.3 is 10.1 Å². The van der Waals surface area contributed by atoms with Crippen molar-refractivity contribution < 1.29 is 9.53 Å². The fourth-order valence-corrected chi connectivity index (χ4v) is 4.74. The molecule has 5 nitrogen and oxygen atoms in total. The number of amides is 1. The van der Waals surface area contributed by atoms with E-state index in [0.717, 1.165) is 43.4 Å². The van der Waals surface area contributed by atoms with E-state index < -0.39 is 5.54 Å². The second-order valence-corrected chi connectivity index (χ2v) is 8.87. The highest BCUT2D eigenvalue weighted by molar-refractivity contribution is 7.09. The van der Waals surface area contributed by atoms with E-state index in [2.05, 4.69) is 40.7 Å². The van der Waals surface area contributed by atoms with Gasteiger partial charge in [0.05, 0.1) is 19.7 Å². The summed E-state index contributed by atoms with van der Waals surface area (Å²) >= 11 is 1.74. The molecule has 6 heteroatoms. The standard InChI is InChI=1S/C23H29N3O2S/c1-18(14-21-6-5-13-29-21)26(15-19-7-9-20(28-2)10-8-19)16-22(27)25-23(17-24)11-3-4-12-23/h5-10,13,18H,3-4,11-12,14-16H2,1-2H3,(H,25,27). The van der Waals surface area contributed by atoms with Crippen molar-refractivity contribution in [1.82, 2.24) is 10.2 Å². The van der Waals surface area contributed by atoms with Crippen molar-refractivity contribution in [1.29, 1.82) is 5.26 Å². The van der Waals surface area contributed by atoms with Gasteiger partial charge in [-0.1, -0.05) is 18.2 Å². The lowest BCUT2D eigenvalue weighted by Gasteiger charge is -2.30. The first-order chi connectivity index (χ1) is 14.0. The summed E-state index contributed by atoms with van der Waals surface area (Å²) in [6.07, 6.45) is 4.39. The smallest absolute Gasteiger partial charge is 0.235 e. The highest BCUT2D eigenvalue weighted by atomic mass is 32.1. The van der Waals surface area contributed by atoms with Gasteiger partial charge in [0.15, 0.2) is 0 Å². The molecule has 154 valence electrons. The summed E-state index contributed by atoms with van der Waals surface area (Å²) in [4.78, 5) is 16.3. The SMILES string of the molecule is COc1ccc(CN(CC(=O)NC2(C#N)CCCC2)C(C)Cc2cccs2)cc1.